The Bertz CT molecular complexity index is 1680. The molecular weight excluding hydrogens is 734 g/mol. The van der Waals surface area contributed by atoms with Crippen LogP contribution in [0.15, 0.2) is 47.2 Å². The zero-order valence-corrected chi connectivity index (χ0v) is 31.9. The van der Waals surface area contributed by atoms with Crippen molar-refractivity contribution in [3.05, 3.63) is 80.6 Å². The molecular formula is C28H33Cl2N8NaO8S2. The Morgan fingerprint density at radius 2 is 1.22 bits per heavy atom. The number of hydrogen-bond acceptors (Lipinski definition) is 16. The number of pyridine rings is 2. The normalized spacial score (nSPS) is 9.86. The van der Waals surface area contributed by atoms with Gasteiger partial charge in [-0.3, -0.25) is 9.97 Å². The molecule has 49 heavy (non-hydrogen) atoms. The smallest absolute Gasteiger partial charge is 0.870 e. The van der Waals surface area contributed by atoms with Crippen LogP contribution in [0.2, 0.25) is 10.0 Å². The van der Waals surface area contributed by atoms with Gasteiger partial charge in [-0.25, -0.2) is 29.5 Å². The second kappa shape index (κ2) is 23.5. The van der Waals surface area contributed by atoms with E-state index in [1.54, 1.807) is 37.7 Å². The van der Waals surface area contributed by atoms with E-state index in [-0.39, 0.29) is 77.3 Å². The number of nitrogens with one attached hydrogen (secondary N) is 2. The Kier molecular flexibility index (Phi) is 22.1. The van der Waals surface area contributed by atoms with Crippen LogP contribution < -0.4 is 40.2 Å². The molecule has 0 amide bonds. The predicted octanol–water partition coefficient (Wildman–Crippen LogP) is 0.580. The topological polar surface area (TPSA) is 267 Å². The van der Waals surface area contributed by atoms with Crippen LogP contribution in [0.5, 0.6) is 0 Å². The van der Waals surface area contributed by atoms with Gasteiger partial charge < -0.3 is 41.6 Å². The summed E-state index contributed by atoms with van der Waals surface area (Å²) < 4.78 is 5.02. The molecule has 0 atom stereocenters. The average molecular weight is 768 g/mol. The number of ether oxygens (including phenoxy) is 1. The molecule has 0 aliphatic rings. The third kappa shape index (κ3) is 13.7. The van der Waals surface area contributed by atoms with E-state index in [1.165, 1.54) is 35.9 Å². The SMILES string of the molecule is CCOC(=O)c1cnc(SC)nc1NCc1cnc(CO)c(Cl)c1.CSc1ncc(C(=O)O)c(NCc2cnc(CO)c(Cl)c2)n1.O.[Na+].[OH-]. The van der Waals surface area contributed by atoms with Crippen molar-refractivity contribution >= 4 is 70.3 Å². The number of aliphatic hydroxyl groups is 2. The molecule has 4 aromatic rings. The maximum Gasteiger partial charge on any atom is 1.00 e. The first-order chi connectivity index (χ1) is 22.1. The zero-order chi connectivity index (χ0) is 33.6. The number of esters is 1. The van der Waals surface area contributed by atoms with Gasteiger partial charge in [0.05, 0.1) is 41.3 Å². The zero-order valence-electron chi connectivity index (χ0n) is 26.8. The summed E-state index contributed by atoms with van der Waals surface area (Å²) in [5.41, 5.74) is 2.59. The molecule has 4 rings (SSSR count). The fourth-order valence-electron chi connectivity index (χ4n) is 3.52. The molecule has 0 fully saturated rings. The van der Waals surface area contributed by atoms with Crippen molar-refractivity contribution < 1.29 is 70.2 Å². The first-order valence-electron chi connectivity index (χ1n) is 13.3. The number of rotatable bonds is 13. The summed E-state index contributed by atoms with van der Waals surface area (Å²) in [7, 11) is 0. The fourth-order valence-corrected chi connectivity index (χ4v) is 4.70. The van der Waals surface area contributed by atoms with Crippen molar-refractivity contribution in [2.24, 2.45) is 0 Å². The Balaban J connectivity index is 0.000000889. The molecule has 4 heterocycles. The Labute approximate surface area is 322 Å². The molecule has 260 valence electrons. The quantitative estimate of drug-likeness (QED) is 0.0539. The van der Waals surface area contributed by atoms with E-state index in [2.05, 4.69) is 40.5 Å². The van der Waals surface area contributed by atoms with E-state index in [1.807, 2.05) is 6.26 Å². The Morgan fingerprint density at radius 1 is 0.796 bits per heavy atom. The van der Waals surface area contributed by atoms with Gasteiger partial charge >= 0.3 is 41.5 Å². The molecule has 0 bridgehead atoms. The first-order valence-corrected chi connectivity index (χ1v) is 16.5. The maximum atomic E-state index is 12.0. The van der Waals surface area contributed by atoms with Crippen LogP contribution in [0, 0.1) is 0 Å². The van der Waals surface area contributed by atoms with Crippen LogP contribution in [-0.2, 0) is 31.0 Å². The third-order valence-corrected chi connectivity index (χ3v) is 7.57. The van der Waals surface area contributed by atoms with Crippen molar-refractivity contribution in [3.63, 3.8) is 0 Å². The number of carbonyl (C=O) groups is 2. The van der Waals surface area contributed by atoms with Crippen LogP contribution in [0.4, 0.5) is 11.6 Å². The molecule has 0 aromatic carbocycles. The van der Waals surface area contributed by atoms with Crippen LogP contribution in [0.1, 0.15) is 50.2 Å². The number of thioether (sulfide) groups is 2. The maximum absolute atomic E-state index is 12.0. The number of aliphatic hydroxyl groups excluding tert-OH is 2. The summed E-state index contributed by atoms with van der Waals surface area (Å²) in [6, 6.07) is 3.36. The molecule has 0 saturated heterocycles. The Morgan fingerprint density at radius 3 is 1.59 bits per heavy atom. The molecule has 8 N–H and O–H groups in total. The number of aromatic nitrogens is 6. The summed E-state index contributed by atoms with van der Waals surface area (Å²) in [6.07, 6.45) is 9.52. The molecule has 0 radical (unpaired) electrons. The monoisotopic (exact) mass is 766 g/mol. The molecule has 0 aliphatic carbocycles. The van der Waals surface area contributed by atoms with Gasteiger partial charge in [-0.1, -0.05) is 46.7 Å². The summed E-state index contributed by atoms with van der Waals surface area (Å²) in [5, 5.41) is 35.0. The van der Waals surface area contributed by atoms with Gasteiger partial charge in [-0.15, -0.1) is 0 Å². The van der Waals surface area contributed by atoms with Crippen molar-refractivity contribution in [2.75, 3.05) is 29.8 Å². The Hall–Kier alpha value is -2.88. The van der Waals surface area contributed by atoms with Gasteiger partial charge in [0.1, 0.15) is 22.8 Å². The standard InChI is InChI=1S/C15H17ClN4O3S.C13H13ClN4O3S.Na.2H2O/c1-3-23-14(22)10-7-19-15(24-2)20-13(10)18-6-9-4-11(16)12(8-21)17-5-9;1-22-13-17-5-8(12(20)21)11(18-13)16-4-7-2-9(14)10(6-19)15-3-7;;;/h4-5,7,21H,3,6,8H2,1-2H3,(H,18,19,20);2-3,5,19H,4,6H2,1H3,(H,20,21)(H,16,17,18);;2*1H2/q;;+1;;/p-1. The van der Waals surface area contributed by atoms with E-state index in [0.717, 1.165) is 11.1 Å². The van der Waals surface area contributed by atoms with Gasteiger partial charge in [-0.2, -0.15) is 0 Å². The molecule has 21 heteroatoms. The molecule has 4 aromatic heterocycles. The predicted molar refractivity (Wildman–Crippen MR) is 181 cm³/mol. The second-order valence-electron chi connectivity index (χ2n) is 8.83. The largest absolute Gasteiger partial charge is 1.00 e. The number of halogens is 2. The number of hydrogen-bond donors (Lipinski definition) is 5. The number of carboxylic acids is 1. The number of carboxylic acid groups (broad SMARTS) is 1. The van der Waals surface area contributed by atoms with Crippen LogP contribution in [-0.4, -0.2) is 87.2 Å². The van der Waals surface area contributed by atoms with Gasteiger partial charge in [0.15, 0.2) is 10.3 Å². The summed E-state index contributed by atoms with van der Waals surface area (Å²) >= 11 is 14.7. The fraction of sp³-hybridized carbons (Fsp3) is 0.286. The molecule has 0 saturated carbocycles. The van der Waals surface area contributed by atoms with Crippen LogP contribution in [0.3, 0.4) is 0 Å². The third-order valence-electron chi connectivity index (χ3n) is 5.79. The van der Waals surface area contributed by atoms with E-state index in [4.69, 9.17) is 43.3 Å². The van der Waals surface area contributed by atoms with Crippen molar-refractivity contribution in [1.29, 1.82) is 0 Å². The van der Waals surface area contributed by atoms with E-state index in [0.29, 0.717) is 50.7 Å². The van der Waals surface area contributed by atoms with Crippen molar-refractivity contribution in [3.8, 4) is 0 Å². The summed E-state index contributed by atoms with van der Waals surface area (Å²) in [4.78, 5) is 47.8. The minimum atomic E-state index is -1.11. The second-order valence-corrected chi connectivity index (χ2v) is 11.2. The number of aromatic carboxylic acids is 1. The average Bonchev–Trinajstić information content (AvgIpc) is 3.06. The van der Waals surface area contributed by atoms with E-state index in [9.17, 15) is 9.59 Å². The molecule has 0 unspecified atom stereocenters. The minimum absolute atomic E-state index is 0. The van der Waals surface area contributed by atoms with E-state index < -0.39 is 11.9 Å². The van der Waals surface area contributed by atoms with E-state index >= 15 is 0 Å². The van der Waals surface area contributed by atoms with Gasteiger partial charge in [0.25, 0.3) is 0 Å². The molecule has 16 nitrogen and oxygen atoms in total. The summed E-state index contributed by atoms with van der Waals surface area (Å²) in [5.74, 6) is -0.981. The first kappa shape index (κ1) is 46.1. The summed E-state index contributed by atoms with van der Waals surface area (Å²) in [6.45, 7) is 2.20. The van der Waals surface area contributed by atoms with Gasteiger partial charge in [0, 0.05) is 37.9 Å². The number of nitrogens with zero attached hydrogens (tertiary/aromatic N) is 6. The van der Waals surface area contributed by atoms with Crippen molar-refractivity contribution in [1.82, 2.24) is 29.9 Å². The number of anilines is 2. The minimum Gasteiger partial charge on any atom is -0.870 e. The van der Waals surface area contributed by atoms with Crippen LogP contribution >= 0.6 is 46.7 Å². The van der Waals surface area contributed by atoms with Crippen molar-refractivity contribution in [2.45, 2.75) is 43.5 Å². The van der Waals surface area contributed by atoms with Crippen LogP contribution in [0.25, 0.3) is 0 Å². The molecule has 0 spiro atoms. The molecule has 0 aliphatic heterocycles. The van der Waals surface area contributed by atoms with Gasteiger partial charge in [-0.05, 0) is 42.7 Å². The van der Waals surface area contributed by atoms with Gasteiger partial charge in [0.2, 0.25) is 0 Å². The number of carbonyl (C=O) groups excluding carboxylic acids is 1.